The van der Waals surface area contributed by atoms with Gasteiger partial charge in [-0.1, -0.05) is 36.4 Å². The van der Waals surface area contributed by atoms with Crippen LogP contribution in [-0.4, -0.2) is 7.05 Å². The van der Waals surface area contributed by atoms with Gasteiger partial charge >= 0.3 is 0 Å². The van der Waals surface area contributed by atoms with E-state index in [2.05, 4.69) is 60.2 Å². The summed E-state index contributed by atoms with van der Waals surface area (Å²) in [4.78, 5) is 1.45. The minimum Gasteiger partial charge on any atom is -0.312 e. The number of rotatable bonds is 4. The maximum atomic E-state index is 3.52. The van der Waals surface area contributed by atoms with Crippen LogP contribution in [0.25, 0.3) is 0 Å². The highest BCUT2D eigenvalue weighted by Crippen LogP contribution is 2.56. The molecule has 17 heavy (non-hydrogen) atoms. The van der Waals surface area contributed by atoms with Crippen molar-refractivity contribution in [3.8, 4) is 0 Å². The van der Waals surface area contributed by atoms with Crippen molar-refractivity contribution in [1.82, 2.24) is 5.32 Å². The number of nitrogens with one attached hydrogen (secondary N) is 1. The molecule has 0 spiro atoms. The Morgan fingerprint density at radius 2 is 1.88 bits per heavy atom. The molecule has 1 aromatic heterocycles. The van der Waals surface area contributed by atoms with E-state index in [-0.39, 0.29) is 0 Å². The Morgan fingerprint density at radius 1 is 1.12 bits per heavy atom. The van der Waals surface area contributed by atoms with Gasteiger partial charge in [-0.2, -0.15) is 0 Å². The van der Waals surface area contributed by atoms with E-state index in [0.717, 1.165) is 0 Å². The number of benzene rings is 1. The molecule has 1 N–H and O–H groups in total. The van der Waals surface area contributed by atoms with Gasteiger partial charge in [-0.25, -0.2) is 0 Å². The van der Waals surface area contributed by atoms with E-state index < -0.39 is 0 Å². The molecule has 3 rings (SSSR count). The molecule has 88 valence electrons. The van der Waals surface area contributed by atoms with Gasteiger partial charge in [0.25, 0.3) is 0 Å². The van der Waals surface area contributed by atoms with Gasteiger partial charge in [0.1, 0.15) is 0 Å². The Kier molecular flexibility index (Phi) is 2.77. The summed E-state index contributed by atoms with van der Waals surface area (Å²) < 4.78 is 0. The van der Waals surface area contributed by atoms with Gasteiger partial charge in [0, 0.05) is 10.3 Å². The Labute approximate surface area is 106 Å². The summed E-state index contributed by atoms with van der Waals surface area (Å²) >= 11 is 1.85. The molecule has 1 fully saturated rings. The predicted octanol–water partition coefficient (Wildman–Crippen LogP) is 3.74. The fraction of sp³-hybridized carbons (Fsp3) is 0.333. The summed E-state index contributed by atoms with van der Waals surface area (Å²) in [7, 11) is 2.08. The molecule has 1 aliphatic rings. The topological polar surface area (TPSA) is 12.0 Å². The van der Waals surface area contributed by atoms with Crippen molar-refractivity contribution in [1.29, 1.82) is 0 Å². The smallest absolute Gasteiger partial charge is 0.0510 e. The highest BCUT2D eigenvalue weighted by Gasteiger charge is 2.50. The lowest BCUT2D eigenvalue weighted by Gasteiger charge is -2.26. The van der Waals surface area contributed by atoms with E-state index in [0.29, 0.717) is 11.5 Å². The Balaban J connectivity index is 1.97. The lowest BCUT2D eigenvalue weighted by atomic mass is 9.87. The molecule has 1 aliphatic carbocycles. The second-order valence-corrected chi connectivity index (χ2v) is 5.74. The number of thiophene rings is 1. The third kappa shape index (κ3) is 1.81. The largest absolute Gasteiger partial charge is 0.312 e. The lowest BCUT2D eigenvalue weighted by molar-refractivity contribution is 0.470. The standard InChI is InChI=1S/C15H17NS/c1-16-14(13-8-5-11-17-13)15(9-10-15)12-6-3-2-4-7-12/h2-8,11,14,16H,9-10H2,1H3. The highest BCUT2D eigenvalue weighted by atomic mass is 32.1. The van der Waals surface area contributed by atoms with Crippen LogP contribution in [0.15, 0.2) is 47.8 Å². The van der Waals surface area contributed by atoms with E-state index >= 15 is 0 Å². The molecule has 1 saturated carbocycles. The van der Waals surface area contributed by atoms with Crippen LogP contribution in [0, 0.1) is 0 Å². The Hall–Kier alpha value is -1.12. The molecule has 2 aromatic rings. The van der Waals surface area contributed by atoms with Gasteiger partial charge in [0.15, 0.2) is 0 Å². The van der Waals surface area contributed by atoms with Crippen molar-refractivity contribution in [2.24, 2.45) is 0 Å². The number of likely N-dealkylation sites (N-methyl/N-ethyl adjacent to an activating group) is 1. The van der Waals surface area contributed by atoms with E-state index in [1.165, 1.54) is 23.3 Å². The van der Waals surface area contributed by atoms with E-state index in [1.807, 2.05) is 11.3 Å². The summed E-state index contributed by atoms with van der Waals surface area (Å²) in [6.07, 6.45) is 2.58. The summed E-state index contributed by atoms with van der Waals surface area (Å²) in [6, 6.07) is 15.8. The molecule has 1 nitrogen and oxygen atoms in total. The van der Waals surface area contributed by atoms with Crippen molar-refractivity contribution >= 4 is 11.3 Å². The number of hydrogen-bond acceptors (Lipinski definition) is 2. The first-order valence-corrected chi connectivity index (χ1v) is 7.01. The van der Waals surface area contributed by atoms with Gasteiger partial charge < -0.3 is 5.32 Å². The maximum Gasteiger partial charge on any atom is 0.0510 e. The molecule has 1 atom stereocenters. The van der Waals surface area contributed by atoms with Crippen LogP contribution in [0.1, 0.15) is 29.3 Å². The fourth-order valence-corrected chi connectivity index (χ4v) is 3.75. The van der Waals surface area contributed by atoms with Crippen LogP contribution < -0.4 is 5.32 Å². The van der Waals surface area contributed by atoms with Gasteiger partial charge in [-0.3, -0.25) is 0 Å². The highest BCUT2D eigenvalue weighted by molar-refractivity contribution is 7.10. The van der Waals surface area contributed by atoms with Crippen molar-refractivity contribution in [2.75, 3.05) is 7.05 Å². The van der Waals surface area contributed by atoms with Crippen molar-refractivity contribution in [3.63, 3.8) is 0 Å². The van der Waals surface area contributed by atoms with Gasteiger partial charge in [-0.05, 0) is 36.9 Å². The van der Waals surface area contributed by atoms with Gasteiger partial charge in [0.05, 0.1) is 6.04 Å². The first-order valence-electron chi connectivity index (χ1n) is 6.13. The maximum absolute atomic E-state index is 3.52. The molecule has 0 amide bonds. The van der Waals surface area contributed by atoms with Crippen LogP contribution in [0.3, 0.4) is 0 Å². The zero-order valence-corrected chi connectivity index (χ0v) is 10.8. The predicted molar refractivity (Wildman–Crippen MR) is 73.5 cm³/mol. The monoisotopic (exact) mass is 243 g/mol. The first kappa shape index (κ1) is 11.0. The Bertz CT molecular complexity index is 471. The molecule has 0 bridgehead atoms. The molecule has 0 radical (unpaired) electrons. The average Bonchev–Trinajstić information content (AvgIpc) is 3.00. The minimum atomic E-state index is 0.334. The van der Waals surface area contributed by atoms with Crippen molar-refractivity contribution in [2.45, 2.75) is 24.3 Å². The summed E-state index contributed by atoms with van der Waals surface area (Å²) in [6.45, 7) is 0. The first-order chi connectivity index (χ1) is 8.37. The third-order valence-corrected chi connectivity index (χ3v) is 4.74. The van der Waals surface area contributed by atoms with E-state index in [9.17, 15) is 0 Å². The molecule has 0 saturated heterocycles. The summed E-state index contributed by atoms with van der Waals surface area (Å²) in [5.74, 6) is 0. The quantitative estimate of drug-likeness (QED) is 0.862. The summed E-state index contributed by atoms with van der Waals surface area (Å²) in [5, 5.41) is 5.68. The second-order valence-electron chi connectivity index (χ2n) is 4.76. The molecule has 1 aromatic carbocycles. The van der Waals surface area contributed by atoms with Crippen LogP contribution in [0.5, 0.6) is 0 Å². The van der Waals surface area contributed by atoms with Crippen molar-refractivity contribution in [3.05, 3.63) is 58.3 Å². The zero-order valence-electron chi connectivity index (χ0n) is 10.0. The molecule has 0 aliphatic heterocycles. The van der Waals surface area contributed by atoms with Gasteiger partial charge in [-0.15, -0.1) is 11.3 Å². The van der Waals surface area contributed by atoms with Crippen LogP contribution in [0.4, 0.5) is 0 Å². The molecule has 1 unspecified atom stereocenters. The van der Waals surface area contributed by atoms with Crippen molar-refractivity contribution < 1.29 is 0 Å². The molecular formula is C15H17NS. The number of hydrogen-bond donors (Lipinski definition) is 1. The average molecular weight is 243 g/mol. The van der Waals surface area contributed by atoms with Crippen LogP contribution in [-0.2, 0) is 5.41 Å². The molecule has 2 heteroatoms. The summed E-state index contributed by atoms with van der Waals surface area (Å²) in [5.41, 5.74) is 1.81. The van der Waals surface area contributed by atoms with Crippen LogP contribution >= 0.6 is 11.3 Å². The SMILES string of the molecule is CNC(c1cccs1)C1(c2ccccc2)CC1. The van der Waals surface area contributed by atoms with E-state index in [1.54, 1.807) is 0 Å². The fourth-order valence-electron chi connectivity index (χ4n) is 2.80. The van der Waals surface area contributed by atoms with E-state index in [4.69, 9.17) is 0 Å². The normalized spacial score (nSPS) is 18.9. The third-order valence-electron chi connectivity index (χ3n) is 3.81. The Morgan fingerprint density at radius 3 is 2.41 bits per heavy atom. The van der Waals surface area contributed by atoms with Gasteiger partial charge in [0.2, 0.25) is 0 Å². The zero-order chi connectivity index (χ0) is 11.7. The second kappa shape index (κ2) is 4.28. The van der Waals surface area contributed by atoms with Crippen LogP contribution in [0.2, 0.25) is 0 Å². The minimum absolute atomic E-state index is 0.334. The molecular weight excluding hydrogens is 226 g/mol. The molecule has 1 heterocycles. The lowest BCUT2D eigenvalue weighted by Crippen LogP contribution is -2.28.